The Morgan fingerprint density at radius 1 is 1.00 bits per heavy atom. The molecule has 0 saturated heterocycles. The van der Waals surface area contributed by atoms with Crippen molar-refractivity contribution in [3.8, 4) is 28.7 Å². The largest absolute Gasteiger partial charge is 0.573 e. The highest BCUT2D eigenvalue weighted by Gasteiger charge is 2.33. The number of nitro groups is 1. The number of methoxy groups -OCH3 is 3. The van der Waals surface area contributed by atoms with E-state index >= 15 is 0 Å². The molecule has 0 aliphatic heterocycles. The Balaban J connectivity index is 2.54. The van der Waals surface area contributed by atoms with Gasteiger partial charge in [-0.25, -0.2) is 4.79 Å². The van der Waals surface area contributed by atoms with Crippen molar-refractivity contribution in [3.05, 3.63) is 46.0 Å². The summed E-state index contributed by atoms with van der Waals surface area (Å²) in [5.41, 5.74) is -1.17. The first kappa shape index (κ1) is 21.6. The Kier molecular flexibility index (Phi) is 6.36. The molecule has 2 rings (SSSR count). The summed E-state index contributed by atoms with van der Waals surface area (Å²) in [5.74, 6) is -2.25. The molecule has 0 radical (unpaired) electrons. The number of nitro benzene ring substituents is 1. The predicted octanol–water partition coefficient (Wildman–Crippen LogP) is 4.09. The van der Waals surface area contributed by atoms with E-state index in [1.807, 2.05) is 0 Å². The molecule has 0 aliphatic carbocycles. The molecule has 0 saturated carbocycles. The van der Waals surface area contributed by atoms with E-state index in [2.05, 4.69) is 9.47 Å². The fraction of sp³-hybridized carbons (Fsp3) is 0.235. The molecule has 0 amide bonds. The Hall–Kier alpha value is -3.70. The number of carbonyl (C=O) groups is 1. The fourth-order valence-corrected chi connectivity index (χ4v) is 2.32. The number of nitrogens with zero attached hydrogens (tertiary/aromatic N) is 1. The Morgan fingerprint density at radius 3 is 2.03 bits per heavy atom. The normalized spacial score (nSPS) is 10.8. The number of alkyl halides is 3. The van der Waals surface area contributed by atoms with Gasteiger partial charge in [0, 0.05) is 0 Å². The summed E-state index contributed by atoms with van der Waals surface area (Å²) < 4.78 is 60.8. The van der Waals surface area contributed by atoms with E-state index in [0.717, 1.165) is 44.6 Å². The minimum absolute atomic E-state index is 0.0146. The topological polar surface area (TPSA) is 106 Å². The molecule has 2 aromatic rings. The van der Waals surface area contributed by atoms with E-state index in [1.54, 1.807) is 0 Å². The van der Waals surface area contributed by atoms with E-state index in [-0.39, 0.29) is 23.0 Å². The van der Waals surface area contributed by atoms with Crippen molar-refractivity contribution in [1.29, 1.82) is 0 Å². The molecule has 0 aromatic heterocycles. The number of hydrogen-bond donors (Lipinski definition) is 0. The average Bonchev–Trinajstić information content (AvgIpc) is 2.66. The van der Waals surface area contributed by atoms with Crippen LogP contribution in [0.1, 0.15) is 10.4 Å². The van der Waals surface area contributed by atoms with Gasteiger partial charge < -0.3 is 23.7 Å². The smallest absolute Gasteiger partial charge is 0.492 e. The highest BCUT2D eigenvalue weighted by atomic mass is 19.4. The summed E-state index contributed by atoms with van der Waals surface area (Å²) in [7, 11) is 3.36. The molecule has 0 N–H and O–H groups in total. The van der Waals surface area contributed by atoms with Crippen LogP contribution in [-0.4, -0.2) is 38.6 Å². The Bertz CT molecular complexity index is 912. The van der Waals surface area contributed by atoms with Crippen LogP contribution in [0.15, 0.2) is 30.3 Å². The number of hydrogen-bond acceptors (Lipinski definition) is 8. The maximum absolute atomic E-state index is 12.3. The number of rotatable bonds is 7. The second kappa shape index (κ2) is 8.54. The molecule has 0 bridgehead atoms. The predicted molar refractivity (Wildman–Crippen MR) is 90.7 cm³/mol. The molecule has 0 heterocycles. The zero-order chi connectivity index (χ0) is 21.8. The van der Waals surface area contributed by atoms with Crippen LogP contribution in [0.5, 0.6) is 28.7 Å². The van der Waals surface area contributed by atoms with Crippen molar-refractivity contribution in [2.75, 3.05) is 21.3 Å². The van der Waals surface area contributed by atoms with Crippen LogP contribution in [0.2, 0.25) is 0 Å². The highest BCUT2D eigenvalue weighted by Crippen LogP contribution is 2.47. The molecule has 2 aromatic carbocycles. The number of carbonyl (C=O) groups excluding carboxylic acids is 1. The summed E-state index contributed by atoms with van der Waals surface area (Å²) in [4.78, 5) is 22.6. The van der Waals surface area contributed by atoms with Gasteiger partial charge in [0.2, 0.25) is 5.75 Å². The van der Waals surface area contributed by atoms with Gasteiger partial charge in [0.05, 0.1) is 32.3 Å². The van der Waals surface area contributed by atoms with Gasteiger partial charge in [0.15, 0.2) is 17.1 Å². The molecule has 29 heavy (non-hydrogen) atoms. The molecule has 0 aliphatic rings. The van der Waals surface area contributed by atoms with Gasteiger partial charge in [0.1, 0.15) is 11.5 Å². The number of esters is 1. The molecule has 12 heteroatoms. The van der Waals surface area contributed by atoms with E-state index in [4.69, 9.17) is 14.2 Å². The van der Waals surface area contributed by atoms with Gasteiger partial charge in [-0.2, -0.15) is 0 Å². The van der Waals surface area contributed by atoms with Crippen molar-refractivity contribution in [3.63, 3.8) is 0 Å². The molecular weight excluding hydrogens is 403 g/mol. The maximum Gasteiger partial charge on any atom is 0.573 e. The second-order valence-corrected chi connectivity index (χ2v) is 5.21. The van der Waals surface area contributed by atoms with E-state index < -0.39 is 34.3 Å². The maximum atomic E-state index is 12.3. The Morgan fingerprint density at radius 2 is 1.59 bits per heavy atom. The number of benzene rings is 2. The number of halogens is 3. The van der Waals surface area contributed by atoms with Crippen LogP contribution in [0.3, 0.4) is 0 Å². The lowest BCUT2D eigenvalue weighted by molar-refractivity contribution is -0.385. The monoisotopic (exact) mass is 417 g/mol. The third kappa shape index (κ3) is 4.97. The number of ether oxygens (including phenoxy) is 5. The Labute approximate surface area is 161 Å². The van der Waals surface area contributed by atoms with Crippen molar-refractivity contribution >= 4 is 11.7 Å². The second-order valence-electron chi connectivity index (χ2n) is 5.21. The van der Waals surface area contributed by atoms with Crippen molar-refractivity contribution in [1.82, 2.24) is 0 Å². The van der Waals surface area contributed by atoms with Crippen LogP contribution in [0, 0.1) is 10.1 Å². The van der Waals surface area contributed by atoms with Gasteiger partial charge in [-0.15, -0.1) is 13.2 Å². The van der Waals surface area contributed by atoms with E-state index in [0.29, 0.717) is 0 Å². The van der Waals surface area contributed by atoms with E-state index in [1.165, 1.54) is 7.11 Å². The van der Waals surface area contributed by atoms with Gasteiger partial charge in [-0.3, -0.25) is 10.1 Å². The first-order valence-electron chi connectivity index (χ1n) is 7.66. The first-order chi connectivity index (χ1) is 13.6. The minimum atomic E-state index is -4.86. The third-order valence-corrected chi connectivity index (χ3v) is 3.47. The lowest BCUT2D eigenvalue weighted by Crippen LogP contribution is -2.16. The molecular formula is C17H14F3NO8. The lowest BCUT2D eigenvalue weighted by Gasteiger charge is -2.17. The summed E-state index contributed by atoms with van der Waals surface area (Å²) in [6, 6.07) is 5.23. The van der Waals surface area contributed by atoms with Crippen LogP contribution >= 0.6 is 0 Å². The zero-order valence-corrected chi connectivity index (χ0v) is 15.2. The quantitative estimate of drug-likeness (QED) is 0.377. The summed E-state index contributed by atoms with van der Waals surface area (Å²) in [6.07, 6.45) is -4.86. The average molecular weight is 417 g/mol. The third-order valence-electron chi connectivity index (χ3n) is 3.47. The lowest BCUT2D eigenvalue weighted by atomic mass is 10.1. The van der Waals surface area contributed by atoms with Crippen LogP contribution in [0.25, 0.3) is 0 Å². The standard InChI is InChI=1S/C17H14F3NO8/c1-25-12-8-11(21(23)24)13(16(22)27-3)15(26-2)14(12)28-9-4-6-10(7-5-9)29-17(18,19)20/h4-8H,1-3H3. The molecule has 156 valence electrons. The molecule has 9 nitrogen and oxygen atoms in total. The zero-order valence-electron chi connectivity index (χ0n) is 15.2. The van der Waals surface area contributed by atoms with Crippen molar-refractivity contribution in [2.24, 2.45) is 0 Å². The fourth-order valence-electron chi connectivity index (χ4n) is 2.32. The summed E-state index contributed by atoms with van der Waals surface area (Å²) >= 11 is 0. The minimum Gasteiger partial charge on any atom is -0.492 e. The van der Waals surface area contributed by atoms with Crippen LogP contribution < -0.4 is 18.9 Å². The van der Waals surface area contributed by atoms with Gasteiger partial charge >= 0.3 is 12.3 Å². The van der Waals surface area contributed by atoms with Crippen molar-refractivity contribution in [2.45, 2.75) is 6.36 Å². The molecule has 0 spiro atoms. The summed E-state index contributed by atoms with van der Waals surface area (Å²) in [5, 5.41) is 11.3. The van der Waals surface area contributed by atoms with Crippen LogP contribution in [0.4, 0.5) is 18.9 Å². The van der Waals surface area contributed by atoms with Gasteiger partial charge in [-0.05, 0) is 24.3 Å². The van der Waals surface area contributed by atoms with Gasteiger partial charge in [-0.1, -0.05) is 0 Å². The first-order valence-corrected chi connectivity index (χ1v) is 7.66. The van der Waals surface area contributed by atoms with Crippen LogP contribution in [-0.2, 0) is 4.74 Å². The van der Waals surface area contributed by atoms with Gasteiger partial charge in [0.25, 0.3) is 5.69 Å². The van der Waals surface area contributed by atoms with Crippen molar-refractivity contribution < 1.29 is 46.6 Å². The van der Waals surface area contributed by atoms with E-state index in [9.17, 15) is 28.1 Å². The molecule has 0 fully saturated rings. The highest BCUT2D eigenvalue weighted by molar-refractivity contribution is 5.99. The molecule has 0 unspecified atom stereocenters. The summed E-state index contributed by atoms with van der Waals surface area (Å²) in [6.45, 7) is 0. The SMILES string of the molecule is COC(=O)c1c([N+](=O)[O-])cc(OC)c(Oc2ccc(OC(F)(F)F)cc2)c1OC. The molecule has 0 atom stereocenters.